The highest BCUT2D eigenvalue weighted by Crippen LogP contribution is 2.34. The molecule has 1 aliphatic carbocycles. The van der Waals surface area contributed by atoms with Gasteiger partial charge in [0.15, 0.2) is 5.69 Å². The minimum atomic E-state index is -4.50. The van der Waals surface area contributed by atoms with Crippen LogP contribution >= 0.6 is 0 Å². The predicted molar refractivity (Wildman–Crippen MR) is 119 cm³/mol. The summed E-state index contributed by atoms with van der Waals surface area (Å²) < 4.78 is 40.9. The monoisotopic (exact) mass is 443 g/mol. The highest BCUT2D eigenvalue weighted by Gasteiger charge is 2.35. The van der Waals surface area contributed by atoms with Crippen LogP contribution in [0.2, 0.25) is 0 Å². The van der Waals surface area contributed by atoms with Crippen molar-refractivity contribution >= 4 is 5.78 Å². The summed E-state index contributed by atoms with van der Waals surface area (Å²) in [5, 5.41) is 3.82. The van der Waals surface area contributed by atoms with Crippen LogP contribution in [0.15, 0.2) is 48.7 Å². The summed E-state index contributed by atoms with van der Waals surface area (Å²) in [4.78, 5) is 14.4. The maximum atomic E-state index is 13.2. The zero-order chi connectivity index (χ0) is 23.3. The van der Waals surface area contributed by atoms with Crippen LogP contribution in [0.5, 0.6) is 0 Å². The second-order valence-electron chi connectivity index (χ2n) is 8.31. The summed E-state index contributed by atoms with van der Waals surface area (Å²) in [6, 6.07) is 12.0. The van der Waals surface area contributed by atoms with Gasteiger partial charge in [-0.25, -0.2) is 4.68 Å². The first kappa shape index (κ1) is 23.7. The number of carbonyl (C=O) groups is 1. The summed E-state index contributed by atoms with van der Waals surface area (Å²) in [6.07, 6.45) is 1.95. The van der Waals surface area contributed by atoms with Crippen molar-refractivity contribution in [3.63, 3.8) is 0 Å². The molecule has 7 heteroatoms. The normalized spacial score (nSPS) is 15.1. The van der Waals surface area contributed by atoms with Crippen LogP contribution in [0.3, 0.4) is 0 Å². The average molecular weight is 444 g/mol. The zero-order valence-electron chi connectivity index (χ0n) is 18.6. The summed E-state index contributed by atoms with van der Waals surface area (Å²) in [7, 11) is 0. The number of aromatic nitrogens is 3. The third kappa shape index (κ3) is 5.84. The molecule has 1 aliphatic rings. The summed E-state index contributed by atoms with van der Waals surface area (Å²) >= 11 is 0. The van der Waals surface area contributed by atoms with Crippen LogP contribution in [-0.2, 0) is 23.8 Å². The molecule has 0 radical (unpaired) electrons. The Labute approximate surface area is 186 Å². The number of halogens is 3. The van der Waals surface area contributed by atoms with Gasteiger partial charge in [-0.1, -0.05) is 32.4 Å². The van der Waals surface area contributed by atoms with E-state index in [1.807, 2.05) is 18.2 Å². The highest BCUT2D eigenvalue weighted by molar-refractivity contribution is 5.75. The van der Waals surface area contributed by atoms with E-state index in [0.717, 1.165) is 38.2 Å². The van der Waals surface area contributed by atoms with Gasteiger partial charge in [-0.05, 0) is 73.6 Å². The molecule has 0 saturated carbocycles. The van der Waals surface area contributed by atoms with Crippen molar-refractivity contribution in [1.29, 1.82) is 0 Å². The molecule has 4 rings (SSSR count). The van der Waals surface area contributed by atoms with E-state index in [4.69, 9.17) is 0 Å². The molecule has 170 valence electrons. The van der Waals surface area contributed by atoms with Gasteiger partial charge in [-0.3, -0.25) is 4.98 Å². The lowest BCUT2D eigenvalue weighted by atomic mass is 10.1. The second kappa shape index (κ2) is 10.1. The van der Waals surface area contributed by atoms with Crippen molar-refractivity contribution in [2.45, 2.75) is 59.1 Å². The second-order valence-corrected chi connectivity index (χ2v) is 8.31. The standard InChI is InChI=1S/C19H16F3N3.C6H12O/c1-12-8-13-5-6-15(10-14(13)9-12)25-17(16-4-2-3-7-23-16)11-18(24-25)19(20,21)22;1-3-4-5-6(2)7/h2-7,10-12H,8-9H2,1H3;3-5H2,1-2H3. The van der Waals surface area contributed by atoms with Gasteiger partial charge in [-0.2, -0.15) is 18.3 Å². The van der Waals surface area contributed by atoms with Crippen LogP contribution in [0, 0.1) is 5.92 Å². The van der Waals surface area contributed by atoms with Gasteiger partial charge in [0.25, 0.3) is 0 Å². The molecule has 0 fully saturated rings. The van der Waals surface area contributed by atoms with E-state index in [0.29, 0.717) is 28.8 Å². The number of unbranched alkanes of at least 4 members (excludes halogenated alkanes) is 1. The molecule has 32 heavy (non-hydrogen) atoms. The van der Waals surface area contributed by atoms with Crippen molar-refractivity contribution in [1.82, 2.24) is 14.8 Å². The predicted octanol–water partition coefficient (Wildman–Crippen LogP) is 6.45. The number of Topliss-reactive ketones (excluding diaryl/α,β-unsaturated/α-hetero) is 1. The number of rotatable bonds is 5. The Morgan fingerprint density at radius 2 is 1.88 bits per heavy atom. The molecular weight excluding hydrogens is 415 g/mol. The number of alkyl halides is 3. The Bertz CT molecular complexity index is 1060. The van der Waals surface area contributed by atoms with E-state index in [-0.39, 0.29) is 0 Å². The maximum absolute atomic E-state index is 13.2. The Morgan fingerprint density at radius 1 is 1.12 bits per heavy atom. The van der Waals surface area contributed by atoms with Crippen LogP contribution in [0.4, 0.5) is 13.2 Å². The fraction of sp³-hybridized carbons (Fsp3) is 0.400. The molecule has 2 aromatic heterocycles. The van der Waals surface area contributed by atoms with Crippen molar-refractivity contribution in [3.05, 3.63) is 65.5 Å². The van der Waals surface area contributed by atoms with Gasteiger partial charge in [0, 0.05) is 12.6 Å². The van der Waals surface area contributed by atoms with E-state index >= 15 is 0 Å². The smallest absolute Gasteiger partial charge is 0.300 e. The molecule has 0 bridgehead atoms. The first-order valence-electron chi connectivity index (χ1n) is 10.9. The van der Waals surface area contributed by atoms with Crippen LogP contribution in [0.1, 0.15) is 56.9 Å². The molecular formula is C25H28F3N3O. The van der Waals surface area contributed by atoms with Crippen LogP contribution < -0.4 is 0 Å². The van der Waals surface area contributed by atoms with E-state index in [1.54, 1.807) is 31.3 Å². The fourth-order valence-electron chi connectivity index (χ4n) is 3.80. The minimum Gasteiger partial charge on any atom is -0.300 e. The Balaban J connectivity index is 0.000000360. The number of fused-ring (bicyclic) bond motifs is 1. The first-order valence-corrected chi connectivity index (χ1v) is 10.9. The zero-order valence-corrected chi connectivity index (χ0v) is 18.6. The van der Waals surface area contributed by atoms with Crippen LogP contribution in [0.25, 0.3) is 17.1 Å². The topological polar surface area (TPSA) is 47.8 Å². The molecule has 0 amide bonds. The lowest BCUT2D eigenvalue weighted by Gasteiger charge is -2.09. The van der Waals surface area contributed by atoms with Gasteiger partial charge in [0.1, 0.15) is 5.78 Å². The molecule has 1 aromatic carbocycles. The van der Waals surface area contributed by atoms with E-state index in [1.165, 1.54) is 15.8 Å². The van der Waals surface area contributed by atoms with E-state index in [9.17, 15) is 18.0 Å². The summed E-state index contributed by atoms with van der Waals surface area (Å²) in [5.41, 5.74) is 2.95. The van der Waals surface area contributed by atoms with Crippen molar-refractivity contribution in [3.8, 4) is 17.1 Å². The molecule has 2 heterocycles. The first-order chi connectivity index (χ1) is 15.2. The highest BCUT2D eigenvalue weighted by atomic mass is 19.4. The Morgan fingerprint density at radius 3 is 2.47 bits per heavy atom. The van der Waals surface area contributed by atoms with Gasteiger partial charge in [0.2, 0.25) is 0 Å². The SMILES string of the molecule is CC1Cc2ccc(-n3nc(C(F)(F)F)cc3-c3ccccn3)cc2C1.CCCCC(C)=O. The maximum Gasteiger partial charge on any atom is 0.435 e. The van der Waals surface area contributed by atoms with Crippen molar-refractivity contribution < 1.29 is 18.0 Å². The number of nitrogens with zero attached hydrogens (tertiary/aromatic N) is 3. The number of carbonyl (C=O) groups excluding carboxylic acids is 1. The van der Waals surface area contributed by atoms with E-state index < -0.39 is 11.9 Å². The molecule has 1 unspecified atom stereocenters. The molecule has 1 atom stereocenters. The lowest BCUT2D eigenvalue weighted by Crippen LogP contribution is -2.07. The van der Waals surface area contributed by atoms with Crippen LogP contribution in [-0.4, -0.2) is 20.5 Å². The Hall–Kier alpha value is -2.96. The Kier molecular flexibility index (Phi) is 7.48. The van der Waals surface area contributed by atoms with Gasteiger partial charge in [-0.15, -0.1) is 0 Å². The third-order valence-corrected chi connectivity index (χ3v) is 5.38. The molecule has 4 nitrogen and oxygen atoms in total. The third-order valence-electron chi connectivity index (χ3n) is 5.38. The van der Waals surface area contributed by atoms with E-state index in [2.05, 4.69) is 23.9 Å². The molecule has 0 N–H and O–H groups in total. The summed E-state index contributed by atoms with van der Waals surface area (Å²) in [5.74, 6) is 0.866. The number of hydrogen-bond donors (Lipinski definition) is 0. The van der Waals surface area contributed by atoms with Gasteiger partial charge in [0.05, 0.1) is 17.1 Å². The van der Waals surface area contributed by atoms with Gasteiger partial charge >= 0.3 is 6.18 Å². The molecule has 0 aliphatic heterocycles. The fourth-order valence-corrected chi connectivity index (χ4v) is 3.80. The van der Waals surface area contributed by atoms with Crippen molar-refractivity contribution in [2.24, 2.45) is 5.92 Å². The quantitative estimate of drug-likeness (QED) is 0.455. The van der Waals surface area contributed by atoms with Gasteiger partial charge < -0.3 is 4.79 Å². The minimum absolute atomic E-state index is 0.307. The average Bonchev–Trinajstić information content (AvgIpc) is 3.35. The summed E-state index contributed by atoms with van der Waals surface area (Å²) in [6.45, 7) is 5.90. The molecule has 3 aromatic rings. The number of benzene rings is 1. The number of pyridine rings is 1. The molecule has 0 spiro atoms. The molecule has 0 saturated heterocycles. The lowest BCUT2D eigenvalue weighted by molar-refractivity contribution is -0.141. The largest absolute Gasteiger partial charge is 0.435 e. The van der Waals surface area contributed by atoms with Crippen molar-refractivity contribution in [2.75, 3.05) is 0 Å². The number of hydrogen-bond acceptors (Lipinski definition) is 3. The number of ketones is 1.